The van der Waals surface area contributed by atoms with Crippen LogP contribution in [0, 0.1) is 10.1 Å². The molecule has 19 heavy (non-hydrogen) atoms. The first-order valence-electron chi connectivity index (χ1n) is 5.75. The fourth-order valence-corrected chi connectivity index (χ4v) is 1.97. The molecule has 0 spiro atoms. The Labute approximate surface area is 116 Å². The molecular weight excluding hydrogens is 274 g/mol. The van der Waals surface area contributed by atoms with Crippen LogP contribution in [0.5, 0.6) is 0 Å². The highest BCUT2D eigenvalue weighted by molar-refractivity contribution is 5.85. The maximum absolute atomic E-state index is 12.0. The molecule has 1 amide bonds. The van der Waals surface area contributed by atoms with Gasteiger partial charge in [-0.2, -0.15) is 5.10 Å². The number of hydrogen-bond donors (Lipinski definition) is 1. The molecular formula is C10H16ClN5O3. The SMILES string of the molecule is C[C@H]1CNCCN1C(=O)Cn1cc([N+](=O)[O-])cn1.Cl. The van der Waals surface area contributed by atoms with Crippen LogP contribution in [-0.4, -0.2) is 51.2 Å². The van der Waals surface area contributed by atoms with Crippen LogP contribution >= 0.6 is 12.4 Å². The molecule has 0 aromatic carbocycles. The van der Waals surface area contributed by atoms with E-state index in [2.05, 4.69) is 10.4 Å². The summed E-state index contributed by atoms with van der Waals surface area (Å²) in [5, 5.41) is 17.5. The second-order valence-electron chi connectivity index (χ2n) is 4.29. The maximum atomic E-state index is 12.0. The number of carbonyl (C=O) groups excluding carboxylic acids is 1. The van der Waals surface area contributed by atoms with Crippen LogP contribution in [0.25, 0.3) is 0 Å². The molecule has 1 aliphatic heterocycles. The van der Waals surface area contributed by atoms with Gasteiger partial charge in [0, 0.05) is 25.7 Å². The molecule has 1 N–H and O–H groups in total. The number of nitrogens with one attached hydrogen (secondary N) is 1. The third-order valence-electron chi connectivity index (χ3n) is 2.95. The molecule has 1 aromatic rings. The summed E-state index contributed by atoms with van der Waals surface area (Å²) < 4.78 is 1.30. The molecule has 1 aliphatic rings. The number of halogens is 1. The first-order valence-corrected chi connectivity index (χ1v) is 5.75. The molecule has 1 atom stereocenters. The average Bonchev–Trinajstić information content (AvgIpc) is 2.78. The predicted molar refractivity (Wildman–Crippen MR) is 70.2 cm³/mol. The number of nitro groups is 1. The van der Waals surface area contributed by atoms with Crippen molar-refractivity contribution in [1.29, 1.82) is 0 Å². The van der Waals surface area contributed by atoms with Crippen molar-refractivity contribution in [3.05, 3.63) is 22.5 Å². The molecule has 0 saturated carbocycles. The topological polar surface area (TPSA) is 93.3 Å². The summed E-state index contributed by atoms with van der Waals surface area (Å²) in [6.45, 7) is 4.21. The number of aromatic nitrogens is 2. The lowest BCUT2D eigenvalue weighted by atomic mass is 10.2. The number of piperazine rings is 1. The molecule has 0 aliphatic carbocycles. The minimum absolute atomic E-state index is 0. The monoisotopic (exact) mass is 289 g/mol. The van der Waals surface area contributed by atoms with Crippen molar-refractivity contribution in [2.24, 2.45) is 0 Å². The number of carbonyl (C=O) groups is 1. The van der Waals surface area contributed by atoms with Gasteiger partial charge in [-0.1, -0.05) is 0 Å². The highest BCUT2D eigenvalue weighted by Crippen LogP contribution is 2.09. The van der Waals surface area contributed by atoms with Crippen LogP contribution in [0.2, 0.25) is 0 Å². The van der Waals surface area contributed by atoms with Gasteiger partial charge in [0.2, 0.25) is 5.91 Å². The zero-order valence-electron chi connectivity index (χ0n) is 10.5. The van der Waals surface area contributed by atoms with Gasteiger partial charge in [-0.15, -0.1) is 12.4 Å². The molecule has 8 nitrogen and oxygen atoms in total. The lowest BCUT2D eigenvalue weighted by Gasteiger charge is -2.33. The van der Waals surface area contributed by atoms with Gasteiger partial charge in [-0.3, -0.25) is 19.6 Å². The van der Waals surface area contributed by atoms with Crippen LogP contribution < -0.4 is 5.32 Å². The Hall–Kier alpha value is -1.67. The van der Waals surface area contributed by atoms with Crippen LogP contribution in [0.4, 0.5) is 5.69 Å². The van der Waals surface area contributed by atoms with Crippen LogP contribution in [0.1, 0.15) is 6.92 Å². The summed E-state index contributed by atoms with van der Waals surface area (Å²) in [4.78, 5) is 23.8. The Bertz CT molecular complexity index is 464. The quantitative estimate of drug-likeness (QED) is 0.626. The highest BCUT2D eigenvalue weighted by atomic mass is 35.5. The Morgan fingerprint density at radius 1 is 1.68 bits per heavy atom. The molecule has 2 heterocycles. The largest absolute Gasteiger partial charge is 0.336 e. The minimum atomic E-state index is -0.526. The van der Waals surface area contributed by atoms with Gasteiger partial charge in [-0.25, -0.2) is 0 Å². The van der Waals surface area contributed by atoms with E-state index in [1.54, 1.807) is 4.90 Å². The van der Waals surface area contributed by atoms with E-state index in [0.717, 1.165) is 19.3 Å². The van der Waals surface area contributed by atoms with Crippen molar-refractivity contribution in [2.45, 2.75) is 19.5 Å². The maximum Gasteiger partial charge on any atom is 0.307 e. The van der Waals surface area contributed by atoms with Crippen molar-refractivity contribution < 1.29 is 9.72 Å². The van der Waals surface area contributed by atoms with E-state index in [1.165, 1.54) is 10.9 Å². The molecule has 0 unspecified atom stereocenters. The summed E-state index contributed by atoms with van der Waals surface area (Å²) in [7, 11) is 0. The first kappa shape index (κ1) is 15.4. The average molecular weight is 290 g/mol. The minimum Gasteiger partial charge on any atom is -0.336 e. The third-order valence-corrected chi connectivity index (χ3v) is 2.95. The van der Waals surface area contributed by atoms with Gasteiger partial charge in [0.1, 0.15) is 18.9 Å². The van der Waals surface area contributed by atoms with E-state index in [4.69, 9.17) is 0 Å². The molecule has 1 aromatic heterocycles. The Kier molecular flexibility index (Phi) is 5.25. The van der Waals surface area contributed by atoms with E-state index < -0.39 is 4.92 Å². The fourth-order valence-electron chi connectivity index (χ4n) is 1.97. The van der Waals surface area contributed by atoms with Crippen LogP contribution in [0.3, 0.4) is 0 Å². The van der Waals surface area contributed by atoms with Gasteiger partial charge in [0.15, 0.2) is 0 Å². The van der Waals surface area contributed by atoms with Crippen molar-refractivity contribution >= 4 is 24.0 Å². The Morgan fingerprint density at radius 3 is 3.00 bits per heavy atom. The normalized spacial score (nSPS) is 18.8. The van der Waals surface area contributed by atoms with Crippen molar-refractivity contribution in [1.82, 2.24) is 20.0 Å². The highest BCUT2D eigenvalue weighted by Gasteiger charge is 2.23. The standard InChI is InChI=1S/C10H15N5O3.ClH/c1-8-4-11-2-3-14(8)10(16)7-13-6-9(5-12-13)15(17)18;/h5-6,8,11H,2-4,7H2,1H3;1H/t8-;/m0./s1. The van der Waals surface area contributed by atoms with E-state index >= 15 is 0 Å². The molecule has 0 radical (unpaired) electrons. The van der Waals surface area contributed by atoms with Crippen LogP contribution in [-0.2, 0) is 11.3 Å². The van der Waals surface area contributed by atoms with Crippen molar-refractivity contribution in [3.8, 4) is 0 Å². The predicted octanol–water partition coefficient (Wildman–Crippen LogP) is 0.0334. The summed E-state index contributed by atoms with van der Waals surface area (Å²) in [5.41, 5.74) is -0.101. The van der Waals surface area contributed by atoms with E-state index in [-0.39, 0.29) is 36.6 Å². The fraction of sp³-hybridized carbons (Fsp3) is 0.600. The second-order valence-corrected chi connectivity index (χ2v) is 4.29. The summed E-state index contributed by atoms with van der Waals surface area (Å²) in [6, 6.07) is 0.136. The van der Waals surface area contributed by atoms with Crippen molar-refractivity contribution in [2.75, 3.05) is 19.6 Å². The lowest BCUT2D eigenvalue weighted by molar-refractivity contribution is -0.385. The third kappa shape index (κ3) is 3.65. The molecule has 9 heteroatoms. The molecule has 1 fully saturated rings. The van der Waals surface area contributed by atoms with E-state index in [0.29, 0.717) is 6.54 Å². The van der Waals surface area contributed by atoms with Gasteiger partial charge >= 0.3 is 5.69 Å². The van der Waals surface area contributed by atoms with E-state index in [1.807, 2.05) is 6.92 Å². The summed E-state index contributed by atoms with van der Waals surface area (Å²) in [6.07, 6.45) is 2.42. The zero-order chi connectivity index (χ0) is 13.1. The Balaban J connectivity index is 0.00000180. The molecule has 1 saturated heterocycles. The first-order chi connectivity index (χ1) is 8.58. The van der Waals surface area contributed by atoms with E-state index in [9.17, 15) is 14.9 Å². The second kappa shape index (κ2) is 6.48. The summed E-state index contributed by atoms with van der Waals surface area (Å²) in [5.74, 6) is -0.0676. The molecule has 0 bridgehead atoms. The van der Waals surface area contributed by atoms with Gasteiger partial charge in [0.05, 0.1) is 4.92 Å². The van der Waals surface area contributed by atoms with Gasteiger partial charge < -0.3 is 10.2 Å². The van der Waals surface area contributed by atoms with Crippen LogP contribution in [0.15, 0.2) is 12.4 Å². The summed E-state index contributed by atoms with van der Waals surface area (Å²) >= 11 is 0. The molecule has 106 valence electrons. The number of nitrogens with zero attached hydrogens (tertiary/aromatic N) is 4. The van der Waals surface area contributed by atoms with Crippen molar-refractivity contribution in [3.63, 3.8) is 0 Å². The molecule has 2 rings (SSSR count). The zero-order valence-corrected chi connectivity index (χ0v) is 11.3. The van der Waals surface area contributed by atoms with Gasteiger partial charge in [-0.05, 0) is 6.92 Å². The van der Waals surface area contributed by atoms with Gasteiger partial charge in [0.25, 0.3) is 0 Å². The smallest absolute Gasteiger partial charge is 0.307 e. The Morgan fingerprint density at radius 2 is 2.42 bits per heavy atom. The lowest BCUT2D eigenvalue weighted by Crippen LogP contribution is -2.53. The number of amides is 1. The number of rotatable bonds is 3. The number of hydrogen-bond acceptors (Lipinski definition) is 5.